The van der Waals surface area contributed by atoms with E-state index < -0.39 is 28.5 Å². The van der Waals surface area contributed by atoms with E-state index in [1.54, 1.807) is 0 Å². The molecule has 0 fully saturated rings. The molecule has 0 aliphatic carbocycles. The maximum absolute atomic E-state index is 11.8. The van der Waals surface area contributed by atoms with Crippen molar-refractivity contribution in [2.24, 2.45) is 5.14 Å². The Balaban J connectivity index is 1.91. The topological polar surface area (TPSA) is 158 Å². The lowest BCUT2D eigenvalue weighted by molar-refractivity contribution is -0.119. The van der Waals surface area contributed by atoms with Gasteiger partial charge in [0.15, 0.2) is 17.4 Å². The highest BCUT2D eigenvalue weighted by molar-refractivity contribution is 7.89. The molecule has 0 aliphatic rings. The number of esters is 1. The number of aromatic nitrogens is 1. The summed E-state index contributed by atoms with van der Waals surface area (Å²) in [6.07, 6.45) is 0. The van der Waals surface area contributed by atoms with Gasteiger partial charge in [0.25, 0.3) is 5.91 Å². The number of rotatable bonds is 6. The number of benzene rings is 1. The first kappa shape index (κ1) is 19.5. The summed E-state index contributed by atoms with van der Waals surface area (Å²) in [5, 5.41) is 11.4. The lowest BCUT2D eigenvalue weighted by Gasteiger charge is -2.07. The van der Waals surface area contributed by atoms with Crippen molar-refractivity contribution < 1.29 is 27.5 Å². The molecule has 0 saturated heterocycles. The van der Waals surface area contributed by atoms with E-state index in [1.807, 2.05) is 0 Å². The van der Waals surface area contributed by atoms with Crippen molar-refractivity contribution in [1.29, 1.82) is 0 Å². The number of hydrogen-bond donors (Lipinski definition) is 3. The Morgan fingerprint density at radius 2 is 2.00 bits per heavy atom. The minimum atomic E-state index is -3.90. The molecular weight excluding hydrogens is 384 g/mol. The number of carbonyl (C=O) groups excluding carboxylic acids is 3. The molecule has 26 heavy (non-hydrogen) atoms. The number of nitrogens with two attached hydrogens (primary N) is 1. The summed E-state index contributed by atoms with van der Waals surface area (Å²) in [4.78, 5) is 38.2. The summed E-state index contributed by atoms with van der Waals surface area (Å²) >= 11 is 1.03. The van der Waals surface area contributed by atoms with Crippen LogP contribution in [0.1, 0.15) is 17.4 Å². The van der Waals surface area contributed by atoms with Crippen LogP contribution in [0.15, 0.2) is 34.5 Å². The Labute approximate surface area is 152 Å². The quantitative estimate of drug-likeness (QED) is 0.599. The van der Waals surface area contributed by atoms with Gasteiger partial charge in [-0.25, -0.2) is 23.3 Å². The number of ether oxygens (including phenoxy) is 1. The first-order chi connectivity index (χ1) is 12.1. The Morgan fingerprint density at radius 1 is 1.27 bits per heavy atom. The van der Waals surface area contributed by atoms with Gasteiger partial charge in [0, 0.05) is 18.0 Å². The van der Waals surface area contributed by atoms with Gasteiger partial charge < -0.3 is 15.4 Å². The van der Waals surface area contributed by atoms with Crippen LogP contribution in [0.2, 0.25) is 0 Å². The average Bonchev–Trinajstić information content (AvgIpc) is 3.00. The Morgan fingerprint density at radius 3 is 2.65 bits per heavy atom. The molecule has 1 aromatic heterocycles. The van der Waals surface area contributed by atoms with Crippen LogP contribution in [-0.2, 0) is 24.3 Å². The van der Waals surface area contributed by atoms with E-state index in [0.29, 0.717) is 0 Å². The van der Waals surface area contributed by atoms with Gasteiger partial charge in [-0.3, -0.25) is 9.59 Å². The molecule has 2 aromatic rings. The van der Waals surface area contributed by atoms with Crippen molar-refractivity contribution >= 4 is 50.0 Å². The van der Waals surface area contributed by atoms with Crippen LogP contribution in [0, 0.1) is 0 Å². The number of sulfonamides is 1. The second-order valence-electron chi connectivity index (χ2n) is 4.92. The van der Waals surface area contributed by atoms with E-state index in [-0.39, 0.29) is 27.3 Å². The lowest BCUT2D eigenvalue weighted by Crippen LogP contribution is -2.21. The fourth-order valence-electron chi connectivity index (χ4n) is 1.73. The number of amides is 2. The van der Waals surface area contributed by atoms with Crippen LogP contribution < -0.4 is 15.8 Å². The molecule has 0 saturated carbocycles. The molecule has 0 atom stereocenters. The Kier molecular flexibility index (Phi) is 6.02. The summed E-state index contributed by atoms with van der Waals surface area (Å²) in [5.41, 5.74) is 0.127. The minimum absolute atomic E-state index is 0.0530. The summed E-state index contributed by atoms with van der Waals surface area (Å²) in [6.45, 7) is 0.695. The molecule has 0 bridgehead atoms. The van der Waals surface area contributed by atoms with Crippen LogP contribution in [0.3, 0.4) is 0 Å². The van der Waals surface area contributed by atoms with E-state index in [2.05, 4.69) is 15.6 Å². The second-order valence-corrected chi connectivity index (χ2v) is 7.34. The van der Waals surface area contributed by atoms with Crippen molar-refractivity contribution in [3.63, 3.8) is 0 Å². The number of nitrogens with one attached hydrogen (secondary N) is 2. The van der Waals surface area contributed by atoms with Crippen LogP contribution >= 0.6 is 11.3 Å². The third-order valence-electron chi connectivity index (χ3n) is 2.78. The SMILES string of the molecule is CC(=O)Nc1nc(C(=O)OCC(=O)Nc2cccc(S(N)(=O)=O)c2)cs1. The van der Waals surface area contributed by atoms with Gasteiger partial charge in [0.1, 0.15) is 0 Å². The molecular formula is C14H14N4O6S2. The number of primary sulfonamides is 1. The normalized spacial score (nSPS) is 10.8. The van der Waals surface area contributed by atoms with Gasteiger partial charge in [-0.15, -0.1) is 11.3 Å². The van der Waals surface area contributed by atoms with Crippen LogP contribution in [0.25, 0.3) is 0 Å². The molecule has 138 valence electrons. The van der Waals surface area contributed by atoms with Gasteiger partial charge in [0.05, 0.1) is 4.90 Å². The Bertz CT molecular complexity index is 954. The predicted molar refractivity (Wildman–Crippen MR) is 93.1 cm³/mol. The number of nitrogens with zero attached hydrogens (tertiary/aromatic N) is 1. The molecule has 0 unspecified atom stereocenters. The lowest BCUT2D eigenvalue weighted by atomic mass is 10.3. The van der Waals surface area contributed by atoms with Crippen LogP contribution in [0.4, 0.5) is 10.8 Å². The number of hydrogen-bond acceptors (Lipinski definition) is 8. The standard InChI is InChI=1S/C14H14N4O6S2/c1-8(19)16-14-18-11(7-25-14)13(21)24-6-12(20)17-9-3-2-4-10(5-9)26(15,22)23/h2-5,7H,6H2,1H3,(H,17,20)(H2,15,22,23)(H,16,18,19). The smallest absolute Gasteiger partial charge is 0.358 e. The molecule has 2 rings (SSSR count). The van der Waals surface area contributed by atoms with Crippen LogP contribution in [-0.4, -0.2) is 37.8 Å². The van der Waals surface area contributed by atoms with E-state index >= 15 is 0 Å². The molecule has 0 aliphatic heterocycles. The summed E-state index contributed by atoms with van der Waals surface area (Å²) in [7, 11) is -3.90. The summed E-state index contributed by atoms with van der Waals surface area (Å²) in [6, 6.07) is 5.31. The van der Waals surface area contributed by atoms with E-state index in [0.717, 1.165) is 11.3 Å². The highest BCUT2D eigenvalue weighted by Gasteiger charge is 2.15. The second kappa shape index (κ2) is 8.03. The fraction of sp³-hybridized carbons (Fsp3) is 0.143. The minimum Gasteiger partial charge on any atom is -0.451 e. The monoisotopic (exact) mass is 398 g/mol. The largest absolute Gasteiger partial charge is 0.451 e. The molecule has 2 amide bonds. The number of anilines is 2. The van der Waals surface area contributed by atoms with E-state index in [4.69, 9.17) is 9.88 Å². The van der Waals surface area contributed by atoms with E-state index in [1.165, 1.54) is 36.6 Å². The molecule has 12 heteroatoms. The molecule has 0 spiro atoms. The van der Waals surface area contributed by atoms with Crippen molar-refractivity contribution in [3.05, 3.63) is 35.3 Å². The van der Waals surface area contributed by atoms with Gasteiger partial charge in [-0.05, 0) is 18.2 Å². The Hall–Kier alpha value is -2.83. The van der Waals surface area contributed by atoms with Crippen LogP contribution in [0.5, 0.6) is 0 Å². The average molecular weight is 398 g/mol. The van der Waals surface area contributed by atoms with Crippen molar-refractivity contribution in [1.82, 2.24) is 4.98 Å². The molecule has 1 aromatic carbocycles. The summed E-state index contributed by atoms with van der Waals surface area (Å²) in [5.74, 6) is -1.85. The number of thiazole rings is 1. The zero-order chi connectivity index (χ0) is 19.3. The first-order valence-corrected chi connectivity index (χ1v) is 9.40. The highest BCUT2D eigenvalue weighted by atomic mass is 32.2. The van der Waals surface area contributed by atoms with Gasteiger partial charge in [-0.1, -0.05) is 6.07 Å². The zero-order valence-corrected chi connectivity index (χ0v) is 15.0. The number of carbonyl (C=O) groups is 3. The highest BCUT2D eigenvalue weighted by Crippen LogP contribution is 2.16. The molecule has 10 nitrogen and oxygen atoms in total. The van der Waals surface area contributed by atoms with Gasteiger partial charge in [0.2, 0.25) is 15.9 Å². The zero-order valence-electron chi connectivity index (χ0n) is 13.4. The molecule has 0 radical (unpaired) electrons. The van der Waals surface area contributed by atoms with Crippen molar-refractivity contribution in [2.45, 2.75) is 11.8 Å². The van der Waals surface area contributed by atoms with Crippen molar-refractivity contribution in [2.75, 3.05) is 17.2 Å². The van der Waals surface area contributed by atoms with Gasteiger partial charge in [-0.2, -0.15) is 0 Å². The maximum Gasteiger partial charge on any atom is 0.358 e. The predicted octanol–water partition coefficient (Wildman–Crippen LogP) is 0.544. The third-order valence-corrected chi connectivity index (χ3v) is 4.45. The third kappa shape index (κ3) is 5.61. The van der Waals surface area contributed by atoms with E-state index in [9.17, 15) is 22.8 Å². The molecule has 1 heterocycles. The van der Waals surface area contributed by atoms with Gasteiger partial charge >= 0.3 is 5.97 Å². The fourth-order valence-corrected chi connectivity index (χ4v) is 3.01. The maximum atomic E-state index is 11.8. The molecule has 4 N–H and O–H groups in total. The summed E-state index contributed by atoms with van der Waals surface area (Å²) < 4.78 is 27.4. The van der Waals surface area contributed by atoms with Crippen molar-refractivity contribution in [3.8, 4) is 0 Å². The first-order valence-electron chi connectivity index (χ1n) is 6.98.